The largest absolute Gasteiger partial charge is 0.479 e. The van der Waals surface area contributed by atoms with E-state index in [2.05, 4.69) is 21.2 Å². The lowest BCUT2D eigenvalue weighted by Gasteiger charge is -2.17. The Morgan fingerprint density at radius 3 is 2.65 bits per heavy atom. The van der Waals surface area contributed by atoms with Crippen LogP contribution in [0.5, 0.6) is 0 Å². The minimum absolute atomic E-state index is 0.0562. The zero-order chi connectivity index (χ0) is 14.7. The summed E-state index contributed by atoms with van der Waals surface area (Å²) in [6.45, 7) is 0. The van der Waals surface area contributed by atoms with Gasteiger partial charge in [-0.25, -0.2) is 9.18 Å². The summed E-state index contributed by atoms with van der Waals surface area (Å²) < 4.78 is 14.4. The summed E-state index contributed by atoms with van der Waals surface area (Å²) >= 11 is 8.97. The number of rotatable bonds is 4. The van der Waals surface area contributed by atoms with Crippen molar-refractivity contribution in [2.45, 2.75) is 6.04 Å². The molecule has 3 nitrogen and oxygen atoms in total. The molecule has 0 aliphatic heterocycles. The van der Waals surface area contributed by atoms with E-state index in [0.717, 1.165) is 0 Å². The van der Waals surface area contributed by atoms with Gasteiger partial charge in [0.15, 0.2) is 6.04 Å². The monoisotopic (exact) mass is 357 g/mol. The first-order valence-corrected chi connectivity index (χ1v) is 6.84. The summed E-state index contributed by atoms with van der Waals surface area (Å²) in [4.78, 5) is 11.4. The van der Waals surface area contributed by atoms with Gasteiger partial charge >= 0.3 is 5.97 Å². The number of nitrogens with one attached hydrogen (secondary N) is 1. The lowest BCUT2D eigenvalue weighted by molar-refractivity contribution is -0.138. The van der Waals surface area contributed by atoms with Crippen LogP contribution in [0.2, 0.25) is 5.02 Å². The highest BCUT2D eigenvalue weighted by atomic mass is 79.9. The van der Waals surface area contributed by atoms with Crippen molar-refractivity contribution >= 4 is 39.2 Å². The number of benzene rings is 2. The third-order valence-electron chi connectivity index (χ3n) is 2.66. The van der Waals surface area contributed by atoms with Crippen LogP contribution < -0.4 is 5.32 Å². The molecular weight excluding hydrogens is 349 g/mol. The molecule has 0 spiro atoms. The maximum atomic E-state index is 13.9. The number of carboxylic acids is 1. The van der Waals surface area contributed by atoms with Crippen LogP contribution in [0.3, 0.4) is 0 Å². The molecule has 20 heavy (non-hydrogen) atoms. The van der Waals surface area contributed by atoms with Crippen molar-refractivity contribution in [3.63, 3.8) is 0 Å². The highest BCUT2D eigenvalue weighted by Gasteiger charge is 2.23. The van der Waals surface area contributed by atoms with Crippen LogP contribution >= 0.6 is 27.5 Å². The number of halogens is 3. The average Bonchev–Trinajstić information content (AvgIpc) is 2.36. The van der Waals surface area contributed by atoms with Gasteiger partial charge in [0.2, 0.25) is 0 Å². The van der Waals surface area contributed by atoms with Gasteiger partial charge in [0.25, 0.3) is 0 Å². The summed E-state index contributed by atoms with van der Waals surface area (Å²) in [6.07, 6.45) is 0. The molecule has 104 valence electrons. The lowest BCUT2D eigenvalue weighted by atomic mass is 10.1. The van der Waals surface area contributed by atoms with Crippen molar-refractivity contribution in [1.82, 2.24) is 0 Å². The Morgan fingerprint density at radius 1 is 1.30 bits per heavy atom. The van der Waals surface area contributed by atoms with Gasteiger partial charge in [-0.05, 0) is 30.3 Å². The second kappa shape index (κ2) is 6.24. The van der Waals surface area contributed by atoms with E-state index in [4.69, 9.17) is 11.6 Å². The van der Waals surface area contributed by atoms with Gasteiger partial charge in [-0.1, -0.05) is 39.7 Å². The van der Waals surface area contributed by atoms with E-state index in [0.29, 0.717) is 15.2 Å². The number of carbonyl (C=O) groups is 1. The van der Waals surface area contributed by atoms with Crippen LogP contribution in [-0.4, -0.2) is 11.1 Å². The third-order valence-corrected chi connectivity index (χ3v) is 3.38. The number of aliphatic carboxylic acids is 1. The third kappa shape index (κ3) is 3.49. The summed E-state index contributed by atoms with van der Waals surface area (Å²) in [5.74, 6) is -1.77. The summed E-state index contributed by atoms with van der Waals surface area (Å²) in [7, 11) is 0. The van der Waals surface area contributed by atoms with Gasteiger partial charge in [-0.2, -0.15) is 0 Å². The molecule has 2 rings (SSSR count). The molecule has 0 aliphatic rings. The molecule has 2 aromatic carbocycles. The maximum Gasteiger partial charge on any atom is 0.330 e. The van der Waals surface area contributed by atoms with E-state index in [-0.39, 0.29) is 5.56 Å². The van der Waals surface area contributed by atoms with Crippen molar-refractivity contribution in [2.24, 2.45) is 0 Å². The average molecular weight is 359 g/mol. The van der Waals surface area contributed by atoms with Crippen LogP contribution in [0.1, 0.15) is 11.6 Å². The van der Waals surface area contributed by atoms with Crippen LogP contribution in [0.15, 0.2) is 46.9 Å². The van der Waals surface area contributed by atoms with E-state index in [9.17, 15) is 14.3 Å². The van der Waals surface area contributed by atoms with Crippen molar-refractivity contribution in [2.75, 3.05) is 5.32 Å². The second-order valence-corrected chi connectivity index (χ2v) is 5.44. The van der Waals surface area contributed by atoms with Gasteiger partial charge < -0.3 is 10.4 Å². The Bertz CT molecular complexity index is 651. The van der Waals surface area contributed by atoms with Crippen LogP contribution in [0, 0.1) is 5.82 Å². The van der Waals surface area contributed by atoms with Crippen LogP contribution in [0.25, 0.3) is 0 Å². The molecule has 0 saturated carbocycles. The Labute approximate surface area is 128 Å². The molecule has 2 N–H and O–H groups in total. The zero-order valence-electron chi connectivity index (χ0n) is 10.1. The summed E-state index contributed by atoms with van der Waals surface area (Å²) in [5, 5.41) is 12.5. The van der Waals surface area contributed by atoms with E-state index in [1.165, 1.54) is 12.1 Å². The summed E-state index contributed by atoms with van der Waals surface area (Å²) in [6, 6.07) is 9.65. The van der Waals surface area contributed by atoms with Gasteiger partial charge in [-0.3, -0.25) is 0 Å². The molecule has 1 atom stereocenters. The molecule has 0 heterocycles. The predicted octanol–water partition coefficient (Wildman–Crippen LogP) is 4.48. The molecule has 0 aromatic heterocycles. The highest BCUT2D eigenvalue weighted by molar-refractivity contribution is 9.10. The Kier molecular flexibility index (Phi) is 4.62. The molecule has 6 heteroatoms. The number of anilines is 1. The minimum atomic E-state index is -1.19. The molecule has 0 aliphatic carbocycles. The SMILES string of the molecule is O=C(O)C(Nc1cccc(Cl)c1)c1ccc(Br)cc1F. The topological polar surface area (TPSA) is 49.3 Å². The van der Waals surface area contributed by atoms with Crippen molar-refractivity contribution in [3.05, 3.63) is 63.3 Å². The van der Waals surface area contributed by atoms with Crippen LogP contribution in [0.4, 0.5) is 10.1 Å². The fraction of sp³-hybridized carbons (Fsp3) is 0.0714. The first kappa shape index (κ1) is 14.8. The van der Waals surface area contributed by atoms with E-state index < -0.39 is 17.8 Å². The van der Waals surface area contributed by atoms with Gasteiger partial charge in [0.05, 0.1) is 0 Å². The molecule has 0 radical (unpaired) electrons. The molecule has 1 unspecified atom stereocenters. The number of carboxylic acid groups (broad SMARTS) is 1. The fourth-order valence-corrected chi connectivity index (χ4v) is 2.28. The molecule has 0 fully saturated rings. The highest BCUT2D eigenvalue weighted by Crippen LogP contribution is 2.26. The zero-order valence-corrected chi connectivity index (χ0v) is 12.5. The Hall–Kier alpha value is -1.59. The molecule has 0 amide bonds. The Morgan fingerprint density at radius 2 is 2.05 bits per heavy atom. The molecule has 0 bridgehead atoms. The first-order valence-electron chi connectivity index (χ1n) is 5.67. The van der Waals surface area contributed by atoms with Gasteiger partial charge in [-0.15, -0.1) is 0 Å². The van der Waals surface area contributed by atoms with E-state index in [1.807, 2.05) is 0 Å². The number of hydrogen-bond donors (Lipinski definition) is 2. The number of hydrogen-bond acceptors (Lipinski definition) is 2. The van der Waals surface area contributed by atoms with Gasteiger partial charge in [0, 0.05) is 20.7 Å². The van der Waals surface area contributed by atoms with Crippen LogP contribution in [-0.2, 0) is 4.79 Å². The van der Waals surface area contributed by atoms with Gasteiger partial charge in [0.1, 0.15) is 5.82 Å². The Balaban J connectivity index is 2.34. The van der Waals surface area contributed by atoms with Crippen molar-refractivity contribution in [3.8, 4) is 0 Å². The smallest absolute Gasteiger partial charge is 0.330 e. The van der Waals surface area contributed by atoms with E-state index in [1.54, 1.807) is 30.3 Å². The quantitative estimate of drug-likeness (QED) is 0.847. The summed E-state index contributed by atoms with van der Waals surface area (Å²) in [5.41, 5.74) is 0.563. The normalized spacial score (nSPS) is 11.9. The lowest BCUT2D eigenvalue weighted by Crippen LogP contribution is -2.21. The predicted molar refractivity (Wildman–Crippen MR) is 79.6 cm³/mol. The second-order valence-electron chi connectivity index (χ2n) is 4.09. The molecule has 2 aromatic rings. The molecule has 0 saturated heterocycles. The molecular formula is C14H10BrClFNO2. The fourth-order valence-electron chi connectivity index (χ4n) is 1.75. The first-order chi connectivity index (χ1) is 9.47. The van der Waals surface area contributed by atoms with Crippen molar-refractivity contribution < 1.29 is 14.3 Å². The van der Waals surface area contributed by atoms with Crippen molar-refractivity contribution in [1.29, 1.82) is 0 Å². The standard InChI is InChI=1S/C14H10BrClFNO2/c15-8-4-5-11(12(17)6-8)13(14(19)20)18-10-3-1-2-9(16)7-10/h1-7,13,18H,(H,19,20). The maximum absolute atomic E-state index is 13.9. The van der Waals surface area contributed by atoms with E-state index >= 15 is 0 Å². The minimum Gasteiger partial charge on any atom is -0.479 e.